The quantitative estimate of drug-likeness (QED) is 0.853. The second kappa shape index (κ2) is 4.52. The highest BCUT2D eigenvalue weighted by Gasteiger charge is 2.18. The summed E-state index contributed by atoms with van der Waals surface area (Å²) in [6.07, 6.45) is 0. The van der Waals surface area contributed by atoms with Crippen LogP contribution in [0.25, 0.3) is 0 Å². The molecule has 1 aromatic carbocycles. The molecule has 1 heterocycles. The zero-order valence-electron chi connectivity index (χ0n) is 10.4. The number of phenolic OH excluding ortho intramolecular Hbond substituents is 1. The summed E-state index contributed by atoms with van der Waals surface area (Å²) in [5.74, 6) is 0.328. The monoisotopic (exact) mass is 246 g/mol. The molecule has 2 rings (SSSR count). The Hall–Kier alpha value is -2.30. The fourth-order valence-electron chi connectivity index (χ4n) is 1.75. The number of aryl methyl sites for hydroxylation is 2. The zero-order valence-corrected chi connectivity index (χ0v) is 10.4. The van der Waals surface area contributed by atoms with Crippen LogP contribution >= 0.6 is 0 Å². The lowest BCUT2D eigenvalue weighted by Gasteiger charge is -2.09. The molecule has 5 nitrogen and oxygen atoms in total. The molecule has 0 aliphatic heterocycles. The molecule has 0 bridgehead atoms. The van der Waals surface area contributed by atoms with E-state index in [0.29, 0.717) is 28.3 Å². The molecule has 0 saturated heterocycles. The minimum absolute atomic E-state index is 0.145. The van der Waals surface area contributed by atoms with Crippen LogP contribution in [0, 0.1) is 20.8 Å². The lowest BCUT2D eigenvalue weighted by molar-refractivity contribution is 0.102. The number of anilines is 1. The van der Waals surface area contributed by atoms with Crippen molar-refractivity contribution in [1.29, 1.82) is 0 Å². The summed E-state index contributed by atoms with van der Waals surface area (Å²) in [4.78, 5) is 12.1. The predicted molar refractivity (Wildman–Crippen MR) is 66.8 cm³/mol. The molecular weight excluding hydrogens is 232 g/mol. The number of carbonyl (C=O) groups excluding carboxylic acids is 1. The molecule has 0 atom stereocenters. The van der Waals surface area contributed by atoms with Gasteiger partial charge in [0.05, 0.1) is 5.69 Å². The highest BCUT2D eigenvalue weighted by Crippen LogP contribution is 2.25. The number of nitrogens with one attached hydrogen (secondary N) is 1. The first-order valence-corrected chi connectivity index (χ1v) is 5.53. The van der Waals surface area contributed by atoms with Gasteiger partial charge in [0.2, 0.25) is 0 Å². The minimum Gasteiger partial charge on any atom is -0.508 e. The Labute approximate surface area is 104 Å². The van der Waals surface area contributed by atoms with E-state index in [-0.39, 0.29) is 11.7 Å². The average Bonchev–Trinajstić information content (AvgIpc) is 2.65. The van der Waals surface area contributed by atoms with E-state index in [1.54, 1.807) is 39.0 Å². The van der Waals surface area contributed by atoms with Crippen molar-refractivity contribution in [2.45, 2.75) is 20.8 Å². The third kappa shape index (κ3) is 2.07. The van der Waals surface area contributed by atoms with Crippen molar-refractivity contribution in [1.82, 2.24) is 5.16 Å². The van der Waals surface area contributed by atoms with Crippen LogP contribution in [0.15, 0.2) is 22.7 Å². The first-order chi connectivity index (χ1) is 8.50. The van der Waals surface area contributed by atoms with Crippen LogP contribution in [0.1, 0.15) is 27.4 Å². The smallest absolute Gasteiger partial charge is 0.261 e. The van der Waals surface area contributed by atoms with E-state index in [9.17, 15) is 9.90 Å². The van der Waals surface area contributed by atoms with Crippen LogP contribution in [0.3, 0.4) is 0 Å². The van der Waals surface area contributed by atoms with E-state index in [2.05, 4.69) is 10.5 Å². The number of carbonyl (C=O) groups is 1. The van der Waals surface area contributed by atoms with Crippen molar-refractivity contribution >= 4 is 11.6 Å². The van der Waals surface area contributed by atoms with Gasteiger partial charge in [-0.05, 0) is 32.9 Å². The van der Waals surface area contributed by atoms with Crippen molar-refractivity contribution in [3.8, 4) is 5.75 Å². The summed E-state index contributed by atoms with van der Waals surface area (Å²) in [5, 5.41) is 16.0. The number of benzene rings is 1. The van der Waals surface area contributed by atoms with E-state index in [1.807, 2.05) is 0 Å². The van der Waals surface area contributed by atoms with E-state index in [4.69, 9.17) is 4.52 Å². The second-order valence-electron chi connectivity index (χ2n) is 4.10. The number of amides is 1. The molecule has 94 valence electrons. The molecule has 1 amide bonds. The van der Waals surface area contributed by atoms with Crippen molar-refractivity contribution in [2.75, 3.05) is 5.32 Å². The number of aromatic nitrogens is 1. The number of aromatic hydroxyl groups is 1. The number of phenols is 1. The Morgan fingerprint density at radius 2 is 2.06 bits per heavy atom. The SMILES string of the molecule is Cc1noc(C)c1C(=O)Nc1cccc(O)c1C. The normalized spacial score (nSPS) is 10.4. The van der Waals surface area contributed by atoms with Crippen LogP contribution in [0.5, 0.6) is 5.75 Å². The molecule has 2 N–H and O–H groups in total. The molecular formula is C13H14N2O3. The summed E-state index contributed by atoms with van der Waals surface area (Å²) in [7, 11) is 0. The van der Waals surface area contributed by atoms with Gasteiger partial charge in [-0.3, -0.25) is 4.79 Å². The fraction of sp³-hybridized carbons (Fsp3) is 0.231. The van der Waals surface area contributed by atoms with Gasteiger partial charge in [0.1, 0.15) is 17.1 Å². The van der Waals surface area contributed by atoms with Crippen molar-refractivity contribution in [3.05, 3.63) is 40.8 Å². The van der Waals surface area contributed by atoms with Crippen molar-refractivity contribution in [2.24, 2.45) is 0 Å². The number of nitrogens with zero attached hydrogens (tertiary/aromatic N) is 1. The van der Waals surface area contributed by atoms with Gasteiger partial charge < -0.3 is 14.9 Å². The van der Waals surface area contributed by atoms with Gasteiger partial charge in [0.15, 0.2) is 0 Å². The summed E-state index contributed by atoms with van der Waals surface area (Å²) >= 11 is 0. The van der Waals surface area contributed by atoms with Gasteiger partial charge in [-0.2, -0.15) is 0 Å². The van der Waals surface area contributed by atoms with Crippen LogP contribution in [0.4, 0.5) is 5.69 Å². The molecule has 0 unspecified atom stereocenters. The Bertz CT molecular complexity index is 583. The molecule has 0 saturated carbocycles. The summed E-state index contributed by atoms with van der Waals surface area (Å²) in [6, 6.07) is 4.97. The molecule has 0 radical (unpaired) electrons. The minimum atomic E-state index is -0.292. The van der Waals surface area contributed by atoms with Gasteiger partial charge in [0.25, 0.3) is 5.91 Å². The van der Waals surface area contributed by atoms with Gasteiger partial charge >= 0.3 is 0 Å². The maximum atomic E-state index is 12.1. The van der Waals surface area contributed by atoms with E-state index in [1.165, 1.54) is 0 Å². The highest BCUT2D eigenvalue weighted by molar-refractivity contribution is 6.06. The lowest BCUT2D eigenvalue weighted by atomic mass is 10.1. The first-order valence-electron chi connectivity index (χ1n) is 5.53. The molecule has 0 fully saturated rings. The van der Waals surface area contributed by atoms with Gasteiger partial charge in [-0.25, -0.2) is 0 Å². The Kier molecular flexibility index (Phi) is 3.06. The van der Waals surface area contributed by atoms with Crippen LogP contribution in [-0.4, -0.2) is 16.2 Å². The second-order valence-corrected chi connectivity index (χ2v) is 4.10. The Morgan fingerprint density at radius 1 is 1.33 bits per heavy atom. The summed E-state index contributed by atoms with van der Waals surface area (Å²) in [6.45, 7) is 5.13. The molecule has 5 heteroatoms. The molecule has 18 heavy (non-hydrogen) atoms. The standard InChI is InChI=1S/C13H14N2O3/c1-7-10(5-4-6-11(7)16)14-13(17)12-8(2)15-18-9(12)3/h4-6,16H,1-3H3,(H,14,17). The largest absolute Gasteiger partial charge is 0.508 e. The fourth-order valence-corrected chi connectivity index (χ4v) is 1.75. The molecule has 0 aliphatic carbocycles. The highest BCUT2D eigenvalue weighted by atomic mass is 16.5. The zero-order chi connectivity index (χ0) is 13.3. The number of rotatable bonds is 2. The maximum absolute atomic E-state index is 12.1. The molecule has 0 spiro atoms. The predicted octanol–water partition coefficient (Wildman–Crippen LogP) is 2.56. The third-order valence-electron chi connectivity index (χ3n) is 2.81. The summed E-state index contributed by atoms with van der Waals surface area (Å²) < 4.78 is 4.95. The van der Waals surface area contributed by atoms with E-state index < -0.39 is 0 Å². The molecule has 0 aliphatic rings. The third-order valence-corrected chi connectivity index (χ3v) is 2.81. The maximum Gasteiger partial charge on any atom is 0.261 e. The van der Waals surface area contributed by atoms with Crippen molar-refractivity contribution < 1.29 is 14.4 Å². The van der Waals surface area contributed by atoms with Gasteiger partial charge in [-0.15, -0.1) is 0 Å². The Balaban J connectivity index is 2.30. The van der Waals surface area contributed by atoms with E-state index in [0.717, 1.165) is 0 Å². The number of hydrogen-bond acceptors (Lipinski definition) is 4. The van der Waals surface area contributed by atoms with Crippen LogP contribution in [-0.2, 0) is 0 Å². The van der Waals surface area contributed by atoms with E-state index >= 15 is 0 Å². The first kappa shape index (κ1) is 12.2. The average molecular weight is 246 g/mol. The van der Waals surface area contributed by atoms with Gasteiger partial charge in [-0.1, -0.05) is 11.2 Å². The molecule has 2 aromatic rings. The Morgan fingerprint density at radius 3 is 2.67 bits per heavy atom. The van der Waals surface area contributed by atoms with Crippen LogP contribution < -0.4 is 5.32 Å². The molecule has 1 aromatic heterocycles. The topological polar surface area (TPSA) is 75.4 Å². The van der Waals surface area contributed by atoms with Gasteiger partial charge in [0, 0.05) is 11.3 Å². The lowest BCUT2D eigenvalue weighted by Crippen LogP contribution is -2.14. The van der Waals surface area contributed by atoms with Crippen LogP contribution in [0.2, 0.25) is 0 Å². The number of hydrogen-bond donors (Lipinski definition) is 2. The summed E-state index contributed by atoms with van der Waals surface area (Å²) in [5.41, 5.74) is 2.16. The van der Waals surface area contributed by atoms with Crippen molar-refractivity contribution in [3.63, 3.8) is 0 Å².